The van der Waals surface area contributed by atoms with Gasteiger partial charge in [0.25, 0.3) is 0 Å². The van der Waals surface area contributed by atoms with Crippen LogP contribution in [0.5, 0.6) is 0 Å². The Morgan fingerprint density at radius 1 is 1.33 bits per heavy atom. The minimum Gasteiger partial charge on any atom is -0.313 e. The van der Waals surface area contributed by atoms with E-state index in [-0.39, 0.29) is 0 Å². The number of hydrogen-bond acceptors (Lipinski definition) is 2. The fourth-order valence-corrected chi connectivity index (χ4v) is 2.85. The number of hydrogen-bond donors (Lipinski definition) is 1. The van der Waals surface area contributed by atoms with Gasteiger partial charge in [0.1, 0.15) is 0 Å². The molecule has 94 valence electrons. The maximum Gasteiger partial charge on any atom is 0.0645 e. The first kappa shape index (κ1) is 11.5. The number of rotatable bonds is 3. The molecule has 3 nitrogen and oxygen atoms in total. The van der Waals surface area contributed by atoms with Crippen molar-refractivity contribution >= 4 is 0 Å². The number of benzene rings is 1. The van der Waals surface area contributed by atoms with Crippen molar-refractivity contribution in [2.24, 2.45) is 0 Å². The summed E-state index contributed by atoms with van der Waals surface area (Å²) in [6, 6.07) is 10.9. The average molecular weight is 241 g/mol. The lowest BCUT2D eigenvalue weighted by Gasteiger charge is -2.15. The van der Waals surface area contributed by atoms with E-state index in [1.54, 1.807) is 0 Å². The lowest BCUT2D eigenvalue weighted by Crippen LogP contribution is -2.24. The van der Waals surface area contributed by atoms with Crippen LogP contribution in [0.2, 0.25) is 0 Å². The molecule has 18 heavy (non-hydrogen) atoms. The third kappa shape index (κ3) is 2.06. The van der Waals surface area contributed by atoms with Gasteiger partial charge < -0.3 is 5.32 Å². The van der Waals surface area contributed by atoms with Crippen molar-refractivity contribution in [2.45, 2.75) is 31.7 Å². The van der Waals surface area contributed by atoms with Gasteiger partial charge >= 0.3 is 0 Å². The Morgan fingerprint density at radius 3 is 2.94 bits per heavy atom. The average Bonchev–Trinajstić information content (AvgIpc) is 3.08. The molecule has 1 aromatic heterocycles. The van der Waals surface area contributed by atoms with Crippen LogP contribution in [-0.4, -0.2) is 22.4 Å². The van der Waals surface area contributed by atoms with Crippen molar-refractivity contribution in [3.8, 4) is 5.69 Å². The van der Waals surface area contributed by atoms with E-state index in [0.29, 0.717) is 12.0 Å². The second-order valence-electron chi connectivity index (χ2n) is 4.92. The van der Waals surface area contributed by atoms with Crippen LogP contribution in [0.15, 0.2) is 42.7 Å². The molecule has 0 aliphatic carbocycles. The molecule has 0 amide bonds. The van der Waals surface area contributed by atoms with Crippen molar-refractivity contribution in [2.75, 3.05) is 6.54 Å². The summed E-state index contributed by atoms with van der Waals surface area (Å²) < 4.78 is 1.97. The second kappa shape index (κ2) is 4.94. The van der Waals surface area contributed by atoms with E-state index in [1.165, 1.54) is 18.4 Å². The summed E-state index contributed by atoms with van der Waals surface area (Å²) in [4.78, 5) is 0. The van der Waals surface area contributed by atoms with Gasteiger partial charge in [0.15, 0.2) is 0 Å². The van der Waals surface area contributed by atoms with Gasteiger partial charge in [0.05, 0.1) is 11.9 Å². The Balaban J connectivity index is 1.86. The van der Waals surface area contributed by atoms with Gasteiger partial charge in [-0.15, -0.1) is 0 Å². The van der Waals surface area contributed by atoms with Crippen LogP contribution < -0.4 is 5.32 Å². The zero-order valence-electron chi connectivity index (χ0n) is 10.7. The van der Waals surface area contributed by atoms with Crippen molar-refractivity contribution in [3.63, 3.8) is 0 Å². The Kier molecular flexibility index (Phi) is 3.15. The van der Waals surface area contributed by atoms with E-state index in [4.69, 9.17) is 0 Å². The molecule has 0 bridgehead atoms. The monoisotopic (exact) mass is 241 g/mol. The van der Waals surface area contributed by atoms with Gasteiger partial charge in [-0.05, 0) is 37.1 Å². The van der Waals surface area contributed by atoms with Crippen LogP contribution >= 0.6 is 0 Å². The minimum absolute atomic E-state index is 0.610. The number of nitrogens with one attached hydrogen (secondary N) is 1. The summed E-state index contributed by atoms with van der Waals surface area (Å²) in [5.74, 6) is 0.618. The lowest BCUT2D eigenvalue weighted by molar-refractivity contribution is 0.531. The first-order valence-electron chi connectivity index (χ1n) is 6.72. The lowest BCUT2D eigenvalue weighted by atomic mass is 9.93. The van der Waals surface area contributed by atoms with E-state index < -0.39 is 0 Å². The highest BCUT2D eigenvalue weighted by Gasteiger charge is 2.27. The van der Waals surface area contributed by atoms with Gasteiger partial charge in [-0.2, -0.15) is 5.10 Å². The molecular formula is C15H19N3. The quantitative estimate of drug-likeness (QED) is 0.895. The predicted molar refractivity (Wildman–Crippen MR) is 73.0 cm³/mol. The standard InChI is InChI=1S/C15H19N3/c1-2-15-14(8-9-16-15)12-10-17-18(11-12)13-6-4-3-5-7-13/h3-7,10-11,14-16H,2,8-9H2,1H3. The fourth-order valence-electron chi connectivity index (χ4n) is 2.85. The van der Waals surface area contributed by atoms with Crippen LogP contribution in [0, 0.1) is 0 Å². The molecule has 1 fully saturated rings. The maximum atomic E-state index is 4.49. The van der Waals surface area contributed by atoms with Crippen molar-refractivity contribution in [1.29, 1.82) is 0 Å². The SMILES string of the molecule is CCC1NCCC1c1cnn(-c2ccccc2)c1. The van der Waals surface area contributed by atoms with E-state index >= 15 is 0 Å². The Morgan fingerprint density at radius 2 is 2.17 bits per heavy atom. The first-order valence-corrected chi connectivity index (χ1v) is 6.72. The van der Waals surface area contributed by atoms with Gasteiger partial charge in [0.2, 0.25) is 0 Å². The van der Waals surface area contributed by atoms with Crippen LogP contribution in [0.3, 0.4) is 0 Å². The van der Waals surface area contributed by atoms with E-state index in [0.717, 1.165) is 12.2 Å². The molecule has 2 heterocycles. The molecule has 2 unspecified atom stereocenters. The zero-order chi connectivity index (χ0) is 12.4. The largest absolute Gasteiger partial charge is 0.313 e. The molecule has 3 rings (SSSR count). The molecule has 3 heteroatoms. The van der Waals surface area contributed by atoms with Gasteiger partial charge in [-0.3, -0.25) is 0 Å². The molecule has 1 N–H and O–H groups in total. The molecule has 0 radical (unpaired) electrons. The molecule has 2 atom stereocenters. The molecule has 2 aromatic rings. The summed E-state index contributed by atoms with van der Waals surface area (Å²) in [5, 5.41) is 8.06. The predicted octanol–water partition coefficient (Wildman–Crippen LogP) is 2.73. The summed E-state index contributed by atoms with van der Waals surface area (Å²) in [6.07, 6.45) is 6.60. The fraction of sp³-hybridized carbons (Fsp3) is 0.400. The van der Waals surface area contributed by atoms with Crippen molar-refractivity contribution < 1.29 is 0 Å². The van der Waals surface area contributed by atoms with Crippen LogP contribution in [0.1, 0.15) is 31.2 Å². The second-order valence-corrected chi connectivity index (χ2v) is 4.92. The summed E-state index contributed by atoms with van der Waals surface area (Å²) >= 11 is 0. The Labute approximate surface area is 108 Å². The van der Waals surface area contributed by atoms with Crippen LogP contribution in [-0.2, 0) is 0 Å². The van der Waals surface area contributed by atoms with Gasteiger partial charge in [-0.1, -0.05) is 25.1 Å². The van der Waals surface area contributed by atoms with Gasteiger partial charge in [-0.25, -0.2) is 4.68 Å². The zero-order valence-corrected chi connectivity index (χ0v) is 10.7. The van der Waals surface area contributed by atoms with E-state index in [1.807, 2.05) is 29.1 Å². The van der Waals surface area contributed by atoms with Gasteiger partial charge in [0, 0.05) is 18.2 Å². The molecular weight excluding hydrogens is 222 g/mol. The third-order valence-electron chi connectivity index (χ3n) is 3.84. The van der Waals surface area contributed by atoms with Crippen LogP contribution in [0.25, 0.3) is 5.69 Å². The molecule has 0 saturated carbocycles. The number of nitrogens with zero attached hydrogens (tertiary/aromatic N) is 2. The van der Waals surface area contributed by atoms with E-state index in [9.17, 15) is 0 Å². The number of para-hydroxylation sites is 1. The molecule has 1 aromatic carbocycles. The topological polar surface area (TPSA) is 29.9 Å². The Hall–Kier alpha value is -1.61. The number of aromatic nitrogens is 2. The highest BCUT2D eigenvalue weighted by molar-refractivity contribution is 5.32. The Bertz CT molecular complexity index is 503. The third-order valence-corrected chi connectivity index (χ3v) is 3.84. The van der Waals surface area contributed by atoms with Crippen LogP contribution in [0.4, 0.5) is 0 Å². The van der Waals surface area contributed by atoms with E-state index in [2.05, 4.69) is 35.7 Å². The van der Waals surface area contributed by atoms with Crippen molar-refractivity contribution in [3.05, 3.63) is 48.3 Å². The van der Waals surface area contributed by atoms with Crippen molar-refractivity contribution in [1.82, 2.24) is 15.1 Å². The first-order chi connectivity index (χ1) is 8.88. The minimum atomic E-state index is 0.610. The summed E-state index contributed by atoms with van der Waals surface area (Å²) in [7, 11) is 0. The highest BCUT2D eigenvalue weighted by atomic mass is 15.3. The molecule has 1 aliphatic heterocycles. The summed E-state index contributed by atoms with van der Waals surface area (Å²) in [5.41, 5.74) is 2.48. The summed E-state index contributed by atoms with van der Waals surface area (Å²) in [6.45, 7) is 3.37. The molecule has 1 aliphatic rings. The smallest absolute Gasteiger partial charge is 0.0645 e. The molecule has 0 spiro atoms. The maximum absolute atomic E-state index is 4.49. The molecule has 1 saturated heterocycles. The normalized spacial score (nSPS) is 23.4. The highest BCUT2D eigenvalue weighted by Crippen LogP contribution is 2.29.